The molecule has 2 unspecified atom stereocenters. The van der Waals surface area contributed by atoms with Crippen LogP contribution >= 0.6 is 11.8 Å². The van der Waals surface area contributed by atoms with Crippen LogP contribution in [0, 0.1) is 11.8 Å². The summed E-state index contributed by atoms with van der Waals surface area (Å²) >= 11 is 1.47. The summed E-state index contributed by atoms with van der Waals surface area (Å²) in [6.45, 7) is 8.27. The number of thioether (sulfide) groups is 1. The highest BCUT2D eigenvalue weighted by Gasteiger charge is 2.14. The Morgan fingerprint density at radius 1 is 1.15 bits per heavy atom. The first-order valence-corrected chi connectivity index (χ1v) is 8.47. The summed E-state index contributed by atoms with van der Waals surface area (Å²) in [5.74, 6) is 1.39. The summed E-state index contributed by atoms with van der Waals surface area (Å²) in [6, 6.07) is 0.222. The number of hydrogen-bond acceptors (Lipinski definition) is 4. The van der Waals surface area contributed by atoms with E-state index in [9.17, 15) is 9.59 Å². The molecule has 0 bridgehead atoms. The van der Waals surface area contributed by atoms with Gasteiger partial charge in [0.05, 0.1) is 18.8 Å². The lowest BCUT2D eigenvalue weighted by atomic mass is 10.0. The summed E-state index contributed by atoms with van der Waals surface area (Å²) in [5.41, 5.74) is 0. The maximum absolute atomic E-state index is 11.7. The van der Waals surface area contributed by atoms with Gasteiger partial charge in [-0.25, -0.2) is 0 Å². The van der Waals surface area contributed by atoms with Gasteiger partial charge in [-0.15, -0.1) is 0 Å². The maximum Gasteiger partial charge on any atom is 0.309 e. The fourth-order valence-electron chi connectivity index (χ4n) is 1.82. The van der Waals surface area contributed by atoms with Crippen molar-refractivity contribution in [1.29, 1.82) is 0 Å². The highest BCUT2D eigenvalue weighted by atomic mass is 32.2. The Kier molecular flexibility index (Phi) is 10.6. The van der Waals surface area contributed by atoms with Crippen molar-refractivity contribution in [2.45, 2.75) is 53.0 Å². The quantitative estimate of drug-likeness (QED) is 0.631. The van der Waals surface area contributed by atoms with E-state index in [0.29, 0.717) is 17.4 Å². The van der Waals surface area contributed by atoms with Crippen molar-refractivity contribution in [3.05, 3.63) is 0 Å². The molecule has 0 aliphatic heterocycles. The van der Waals surface area contributed by atoms with E-state index < -0.39 is 0 Å². The Balaban J connectivity index is 3.69. The highest BCUT2D eigenvalue weighted by Crippen LogP contribution is 2.11. The standard InChI is InChI=1S/C15H29NO3S/c1-11(2)7-6-8-13(4)16-14(17)10-20-9-12(3)15(18)19-5/h11-13H,6-10H2,1-5H3,(H,16,17). The molecular weight excluding hydrogens is 274 g/mol. The van der Waals surface area contributed by atoms with Crippen molar-refractivity contribution in [1.82, 2.24) is 5.32 Å². The summed E-state index contributed by atoms with van der Waals surface area (Å²) in [6.07, 6.45) is 3.37. The van der Waals surface area contributed by atoms with Gasteiger partial charge in [0.25, 0.3) is 0 Å². The molecule has 1 amide bonds. The van der Waals surface area contributed by atoms with E-state index in [-0.39, 0.29) is 23.8 Å². The van der Waals surface area contributed by atoms with Gasteiger partial charge in [0, 0.05) is 11.8 Å². The van der Waals surface area contributed by atoms with E-state index in [1.807, 2.05) is 13.8 Å². The topological polar surface area (TPSA) is 55.4 Å². The average molecular weight is 303 g/mol. The van der Waals surface area contributed by atoms with Crippen LogP contribution in [0.25, 0.3) is 0 Å². The summed E-state index contributed by atoms with van der Waals surface area (Å²) in [4.78, 5) is 22.9. The van der Waals surface area contributed by atoms with Crippen LogP contribution < -0.4 is 5.32 Å². The third-order valence-electron chi connectivity index (χ3n) is 3.03. The Hall–Kier alpha value is -0.710. The smallest absolute Gasteiger partial charge is 0.309 e. The van der Waals surface area contributed by atoms with Crippen LogP contribution in [-0.4, -0.2) is 36.5 Å². The number of carbonyl (C=O) groups excluding carboxylic acids is 2. The summed E-state index contributed by atoms with van der Waals surface area (Å²) in [7, 11) is 1.38. The molecule has 0 heterocycles. The van der Waals surface area contributed by atoms with Crippen molar-refractivity contribution in [3.63, 3.8) is 0 Å². The van der Waals surface area contributed by atoms with Crippen molar-refractivity contribution in [3.8, 4) is 0 Å². The molecule has 1 N–H and O–H groups in total. The monoisotopic (exact) mass is 303 g/mol. The molecule has 0 spiro atoms. The molecular formula is C15H29NO3S. The first-order valence-electron chi connectivity index (χ1n) is 7.31. The fraction of sp³-hybridized carbons (Fsp3) is 0.867. The third-order valence-corrected chi connectivity index (χ3v) is 4.23. The number of hydrogen-bond donors (Lipinski definition) is 1. The molecule has 0 aliphatic rings. The minimum Gasteiger partial charge on any atom is -0.469 e. The van der Waals surface area contributed by atoms with Gasteiger partial charge in [-0.2, -0.15) is 11.8 Å². The lowest BCUT2D eigenvalue weighted by molar-refractivity contribution is -0.144. The molecule has 0 saturated carbocycles. The van der Waals surface area contributed by atoms with E-state index in [1.54, 1.807) is 0 Å². The summed E-state index contributed by atoms with van der Waals surface area (Å²) in [5, 5.41) is 2.99. The van der Waals surface area contributed by atoms with Gasteiger partial charge in [-0.3, -0.25) is 9.59 Å². The van der Waals surface area contributed by atoms with E-state index in [1.165, 1.54) is 25.3 Å². The molecule has 2 atom stereocenters. The molecule has 4 nitrogen and oxygen atoms in total. The second-order valence-corrected chi connectivity index (χ2v) is 6.76. The molecule has 0 aromatic rings. The van der Waals surface area contributed by atoms with E-state index in [4.69, 9.17) is 0 Å². The third kappa shape index (κ3) is 10.1. The number of amides is 1. The number of carbonyl (C=O) groups is 2. The van der Waals surface area contributed by atoms with Crippen LogP contribution in [0.15, 0.2) is 0 Å². The zero-order valence-electron chi connectivity index (χ0n) is 13.4. The van der Waals surface area contributed by atoms with Crippen LogP contribution in [0.3, 0.4) is 0 Å². The predicted molar refractivity (Wildman–Crippen MR) is 84.8 cm³/mol. The van der Waals surface area contributed by atoms with Gasteiger partial charge in [0.1, 0.15) is 0 Å². The van der Waals surface area contributed by atoms with Gasteiger partial charge in [-0.05, 0) is 19.3 Å². The van der Waals surface area contributed by atoms with Gasteiger partial charge in [-0.1, -0.05) is 33.6 Å². The van der Waals surface area contributed by atoms with Gasteiger partial charge >= 0.3 is 5.97 Å². The second kappa shape index (κ2) is 11.0. The van der Waals surface area contributed by atoms with Crippen LogP contribution in [-0.2, 0) is 14.3 Å². The Labute approximate surface area is 127 Å². The lowest BCUT2D eigenvalue weighted by Crippen LogP contribution is -2.34. The Morgan fingerprint density at radius 3 is 2.35 bits per heavy atom. The van der Waals surface area contributed by atoms with E-state index in [2.05, 4.69) is 23.9 Å². The van der Waals surface area contributed by atoms with Gasteiger partial charge < -0.3 is 10.1 Å². The molecule has 0 saturated heterocycles. The van der Waals surface area contributed by atoms with E-state index in [0.717, 1.165) is 12.8 Å². The number of ether oxygens (including phenoxy) is 1. The lowest BCUT2D eigenvalue weighted by Gasteiger charge is -2.15. The molecule has 0 aromatic heterocycles. The van der Waals surface area contributed by atoms with Gasteiger partial charge in [0.2, 0.25) is 5.91 Å². The zero-order valence-corrected chi connectivity index (χ0v) is 14.2. The second-order valence-electron chi connectivity index (χ2n) is 5.73. The highest BCUT2D eigenvalue weighted by molar-refractivity contribution is 7.99. The largest absolute Gasteiger partial charge is 0.469 e. The Morgan fingerprint density at radius 2 is 1.80 bits per heavy atom. The van der Waals surface area contributed by atoms with Crippen LogP contribution in [0.2, 0.25) is 0 Å². The molecule has 0 aromatic carbocycles. The normalized spacial score (nSPS) is 13.9. The van der Waals surface area contributed by atoms with Crippen LogP contribution in [0.1, 0.15) is 47.0 Å². The van der Waals surface area contributed by atoms with Crippen molar-refractivity contribution >= 4 is 23.6 Å². The number of methoxy groups -OCH3 is 1. The number of nitrogens with one attached hydrogen (secondary N) is 1. The number of esters is 1. The molecule has 0 radical (unpaired) electrons. The molecule has 0 rings (SSSR count). The molecule has 0 fully saturated rings. The summed E-state index contributed by atoms with van der Waals surface area (Å²) < 4.78 is 4.64. The van der Waals surface area contributed by atoms with Crippen molar-refractivity contribution in [2.75, 3.05) is 18.6 Å². The van der Waals surface area contributed by atoms with Crippen LogP contribution in [0.4, 0.5) is 0 Å². The van der Waals surface area contributed by atoms with Crippen molar-refractivity contribution in [2.24, 2.45) is 11.8 Å². The number of rotatable bonds is 10. The van der Waals surface area contributed by atoms with E-state index >= 15 is 0 Å². The van der Waals surface area contributed by atoms with Gasteiger partial charge in [0.15, 0.2) is 0 Å². The molecule has 20 heavy (non-hydrogen) atoms. The fourth-order valence-corrected chi connectivity index (χ4v) is 2.69. The zero-order chi connectivity index (χ0) is 15.5. The molecule has 0 aliphatic carbocycles. The average Bonchev–Trinajstić information content (AvgIpc) is 2.36. The SMILES string of the molecule is COC(=O)C(C)CSCC(=O)NC(C)CCCC(C)C. The predicted octanol–water partition coefficient (Wildman–Crippen LogP) is 2.86. The molecule has 118 valence electrons. The van der Waals surface area contributed by atoms with Crippen molar-refractivity contribution < 1.29 is 14.3 Å². The van der Waals surface area contributed by atoms with Crippen LogP contribution in [0.5, 0.6) is 0 Å². The first-order chi connectivity index (χ1) is 9.36. The first kappa shape index (κ1) is 19.3. The minimum atomic E-state index is -0.222. The minimum absolute atomic E-state index is 0.0455. The Bertz CT molecular complexity index is 295. The maximum atomic E-state index is 11.7. The molecule has 5 heteroatoms.